The molecule has 2 aromatic rings. The predicted molar refractivity (Wildman–Crippen MR) is 79.9 cm³/mol. The summed E-state index contributed by atoms with van der Waals surface area (Å²) in [6, 6.07) is 0.653. The van der Waals surface area contributed by atoms with E-state index in [-0.39, 0.29) is 0 Å². The fourth-order valence-electron chi connectivity index (χ4n) is 2.83. The lowest BCUT2D eigenvalue weighted by atomic mass is 10.1. The van der Waals surface area contributed by atoms with Crippen LogP contribution in [0.5, 0.6) is 0 Å². The maximum absolute atomic E-state index is 4.64. The van der Waals surface area contributed by atoms with Gasteiger partial charge < -0.3 is 10.2 Å². The molecule has 0 radical (unpaired) electrons. The lowest BCUT2D eigenvalue weighted by Gasteiger charge is -2.29. The van der Waals surface area contributed by atoms with Gasteiger partial charge in [0.2, 0.25) is 0 Å². The van der Waals surface area contributed by atoms with Gasteiger partial charge in [0.25, 0.3) is 0 Å². The van der Waals surface area contributed by atoms with Gasteiger partial charge in [0.1, 0.15) is 0 Å². The second-order valence-corrected chi connectivity index (χ2v) is 6.43. The van der Waals surface area contributed by atoms with Crippen LogP contribution in [-0.2, 0) is 6.54 Å². The summed E-state index contributed by atoms with van der Waals surface area (Å²) in [5.74, 6) is 0. The number of piperidine rings is 1. The number of hydrogen-bond donors (Lipinski definition) is 1. The smallest absolute Gasteiger partial charge is 0.194 e. The number of aryl methyl sites for hydroxylation is 2. The van der Waals surface area contributed by atoms with E-state index < -0.39 is 0 Å². The molecule has 0 bridgehead atoms. The lowest BCUT2D eigenvalue weighted by molar-refractivity contribution is 0.233. The van der Waals surface area contributed by atoms with E-state index in [9.17, 15) is 0 Å². The molecular weight excluding hydrogens is 256 g/mol. The Labute approximate surface area is 118 Å². The predicted octanol–water partition coefficient (Wildman–Crippen LogP) is 2.20. The normalized spacial score (nSPS) is 18.5. The summed E-state index contributed by atoms with van der Waals surface area (Å²) in [6.45, 7) is 7.61. The van der Waals surface area contributed by atoms with Crippen LogP contribution in [0, 0.1) is 13.8 Å². The highest BCUT2D eigenvalue weighted by Crippen LogP contribution is 2.20. The van der Waals surface area contributed by atoms with Gasteiger partial charge in [0, 0.05) is 23.7 Å². The molecule has 3 heterocycles. The van der Waals surface area contributed by atoms with Crippen molar-refractivity contribution in [1.82, 2.24) is 19.6 Å². The number of rotatable bonds is 3. The van der Waals surface area contributed by atoms with Gasteiger partial charge in [-0.2, -0.15) is 0 Å². The number of aromatic nitrogens is 2. The standard InChI is InChI=1S/C14H22N4S/c1-10-9-19-14-16-11(2)13(18(10)14)8-15-12-4-6-17(3)7-5-12/h9,12,15H,4-8H2,1-3H3. The van der Waals surface area contributed by atoms with E-state index in [1.165, 1.54) is 37.3 Å². The maximum atomic E-state index is 4.64. The maximum Gasteiger partial charge on any atom is 0.194 e. The average molecular weight is 278 g/mol. The van der Waals surface area contributed by atoms with Crippen LogP contribution in [0.3, 0.4) is 0 Å². The van der Waals surface area contributed by atoms with Crippen LogP contribution in [0.2, 0.25) is 0 Å². The summed E-state index contributed by atoms with van der Waals surface area (Å²) in [6.07, 6.45) is 2.50. The van der Waals surface area contributed by atoms with Gasteiger partial charge in [0.15, 0.2) is 4.96 Å². The Morgan fingerprint density at radius 3 is 2.84 bits per heavy atom. The minimum absolute atomic E-state index is 0.653. The van der Waals surface area contributed by atoms with E-state index in [1.807, 2.05) is 0 Å². The summed E-state index contributed by atoms with van der Waals surface area (Å²) in [7, 11) is 2.20. The molecule has 0 aliphatic carbocycles. The topological polar surface area (TPSA) is 32.6 Å². The second-order valence-electron chi connectivity index (χ2n) is 5.60. The van der Waals surface area contributed by atoms with Crippen molar-refractivity contribution in [3.63, 3.8) is 0 Å². The van der Waals surface area contributed by atoms with Gasteiger partial charge in [0.05, 0.1) is 11.4 Å². The zero-order valence-electron chi connectivity index (χ0n) is 11.9. The molecule has 5 heteroatoms. The van der Waals surface area contributed by atoms with Gasteiger partial charge in [-0.15, -0.1) is 11.3 Å². The van der Waals surface area contributed by atoms with Crippen LogP contribution < -0.4 is 5.32 Å². The summed E-state index contributed by atoms with van der Waals surface area (Å²) >= 11 is 1.73. The molecule has 2 aromatic heterocycles. The van der Waals surface area contributed by atoms with Crippen LogP contribution >= 0.6 is 11.3 Å². The molecule has 0 spiro atoms. The first-order valence-electron chi connectivity index (χ1n) is 6.99. The quantitative estimate of drug-likeness (QED) is 0.934. The fourth-order valence-corrected chi connectivity index (χ4v) is 3.76. The van der Waals surface area contributed by atoms with Gasteiger partial charge in [-0.05, 0) is 46.8 Å². The molecule has 0 aromatic carbocycles. The summed E-state index contributed by atoms with van der Waals surface area (Å²) in [5.41, 5.74) is 3.78. The van der Waals surface area contributed by atoms with Crippen LogP contribution in [0.4, 0.5) is 0 Å². The minimum atomic E-state index is 0.653. The SMILES string of the molecule is Cc1nc2scc(C)n2c1CNC1CCN(C)CC1. The summed E-state index contributed by atoms with van der Waals surface area (Å²) < 4.78 is 2.29. The third-order valence-electron chi connectivity index (χ3n) is 4.11. The molecule has 1 fully saturated rings. The molecule has 1 aliphatic rings. The minimum Gasteiger partial charge on any atom is -0.308 e. The Morgan fingerprint density at radius 1 is 1.37 bits per heavy atom. The van der Waals surface area contributed by atoms with Gasteiger partial charge in [-0.1, -0.05) is 0 Å². The Hall–Kier alpha value is -0.910. The highest BCUT2D eigenvalue weighted by Gasteiger charge is 2.18. The molecule has 104 valence electrons. The van der Waals surface area contributed by atoms with E-state index >= 15 is 0 Å². The van der Waals surface area contributed by atoms with Crippen LogP contribution in [0.15, 0.2) is 5.38 Å². The largest absolute Gasteiger partial charge is 0.308 e. The Kier molecular flexibility index (Phi) is 3.60. The first-order chi connectivity index (χ1) is 9.15. The van der Waals surface area contributed by atoms with E-state index in [2.05, 4.69) is 45.9 Å². The summed E-state index contributed by atoms with van der Waals surface area (Å²) in [4.78, 5) is 8.17. The van der Waals surface area contributed by atoms with Crippen molar-refractivity contribution < 1.29 is 0 Å². The van der Waals surface area contributed by atoms with E-state index in [4.69, 9.17) is 0 Å². The molecule has 1 saturated heterocycles. The van der Waals surface area contributed by atoms with Crippen molar-refractivity contribution in [3.8, 4) is 0 Å². The first kappa shape index (κ1) is 13.1. The zero-order valence-corrected chi connectivity index (χ0v) is 12.8. The molecule has 0 saturated carbocycles. The van der Waals surface area contributed by atoms with Crippen molar-refractivity contribution in [2.75, 3.05) is 20.1 Å². The van der Waals surface area contributed by atoms with Crippen molar-refractivity contribution in [2.24, 2.45) is 0 Å². The Bertz CT molecular complexity index is 563. The Balaban J connectivity index is 1.71. The van der Waals surface area contributed by atoms with Crippen LogP contribution in [0.1, 0.15) is 29.9 Å². The van der Waals surface area contributed by atoms with Gasteiger partial charge in [-0.25, -0.2) is 4.98 Å². The number of fused-ring (bicyclic) bond motifs is 1. The van der Waals surface area contributed by atoms with E-state index in [1.54, 1.807) is 11.3 Å². The van der Waals surface area contributed by atoms with Crippen LogP contribution in [-0.4, -0.2) is 40.5 Å². The van der Waals surface area contributed by atoms with Crippen molar-refractivity contribution in [3.05, 3.63) is 22.5 Å². The first-order valence-corrected chi connectivity index (χ1v) is 7.87. The lowest BCUT2D eigenvalue weighted by Crippen LogP contribution is -2.40. The van der Waals surface area contributed by atoms with Crippen molar-refractivity contribution in [2.45, 2.75) is 39.3 Å². The van der Waals surface area contributed by atoms with Gasteiger partial charge in [-0.3, -0.25) is 4.40 Å². The van der Waals surface area contributed by atoms with Crippen molar-refractivity contribution in [1.29, 1.82) is 0 Å². The summed E-state index contributed by atoms with van der Waals surface area (Å²) in [5, 5.41) is 5.89. The molecule has 3 rings (SSSR count). The molecule has 19 heavy (non-hydrogen) atoms. The molecule has 0 amide bonds. The average Bonchev–Trinajstić information content (AvgIpc) is 2.89. The zero-order chi connectivity index (χ0) is 13.4. The number of likely N-dealkylation sites (tertiary alicyclic amines) is 1. The van der Waals surface area contributed by atoms with Crippen molar-refractivity contribution >= 4 is 16.3 Å². The molecule has 1 N–H and O–H groups in total. The van der Waals surface area contributed by atoms with Gasteiger partial charge >= 0.3 is 0 Å². The molecular formula is C14H22N4S. The highest BCUT2D eigenvalue weighted by molar-refractivity contribution is 7.15. The number of nitrogens with zero attached hydrogens (tertiary/aromatic N) is 3. The fraction of sp³-hybridized carbons (Fsp3) is 0.643. The number of hydrogen-bond acceptors (Lipinski definition) is 4. The third kappa shape index (κ3) is 2.55. The third-order valence-corrected chi connectivity index (χ3v) is 5.05. The van der Waals surface area contributed by atoms with E-state index in [0.29, 0.717) is 6.04 Å². The number of imidazole rings is 1. The monoisotopic (exact) mass is 278 g/mol. The molecule has 1 aliphatic heterocycles. The molecule has 4 nitrogen and oxygen atoms in total. The second kappa shape index (κ2) is 5.23. The highest BCUT2D eigenvalue weighted by atomic mass is 32.1. The number of nitrogens with one attached hydrogen (secondary N) is 1. The number of thiazole rings is 1. The molecule has 0 atom stereocenters. The van der Waals surface area contributed by atoms with Crippen LogP contribution in [0.25, 0.3) is 4.96 Å². The Morgan fingerprint density at radius 2 is 2.11 bits per heavy atom. The van der Waals surface area contributed by atoms with E-state index in [0.717, 1.165) is 17.2 Å². The molecule has 0 unspecified atom stereocenters.